The van der Waals surface area contributed by atoms with Crippen LogP contribution < -0.4 is 5.32 Å². The van der Waals surface area contributed by atoms with Crippen molar-refractivity contribution in [2.75, 3.05) is 18.4 Å². The molecule has 1 aliphatic rings. The van der Waals surface area contributed by atoms with Crippen LogP contribution in [-0.2, 0) is 9.59 Å². The van der Waals surface area contributed by atoms with Gasteiger partial charge in [-0.15, -0.1) is 0 Å². The molecule has 1 fully saturated rings. The lowest BCUT2D eigenvalue weighted by molar-refractivity contribution is -0.157. The minimum atomic E-state index is -4.46. The summed E-state index contributed by atoms with van der Waals surface area (Å²) in [7, 11) is 0. The number of rotatable bonds is 3. The van der Waals surface area contributed by atoms with Crippen LogP contribution >= 0.6 is 0 Å². The van der Waals surface area contributed by atoms with Crippen LogP contribution in [0.3, 0.4) is 0 Å². The number of nitrogens with zero attached hydrogens (tertiary/aromatic N) is 2. The third-order valence-electron chi connectivity index (χ3n) is 3.73. The minimum absolute atomic E-state index is 0.209. The second kappa shape index (κ2) is 6.17. The van der Waals surface area contributed by atoms with Crippen molar-refractivity contribution in [3.8, 4) is 0 Å². The number of aryl methyl sites for hydroxylation is 3. The van der Waals surface area contributed by atoms with Crippen molar-refractivity contribution in [1.29, 1.82) is 0 Å². The number of carbonyl (C=O) groups is 2. The van der Waals surface area contributed by atoms with Crippen molar-refractivity contribution in [3.63, 3.8) is 0 Å². The molecule has 0 spiro atoms. The zero-order valence-corrected chi connectivity index (χ0v) is 13.1. The number of likely N-dealkylation sites (tertiary alicyclic amines) is 1. The molecule has 1 aromatic heterocycles. The predicted octanol–water partition coefficient (Wildman–Crippen LogP) is 2.36. The summed E-state index contributed by atoms with van der Waals surface area (Å²) in [6.45, 7) is 3.84. The Balaban J connectivity index is 2.07. The number of pyridine rings is 1. The lowest BCUT2D eigenvalue weighted by atomic mass is 10.1. The van der Waals surface area contributed by atoms with E-state index in [0.717, 1.165) is 11.3 Å². The van der Waals surface area contributed by atoms with E-state index < -0.39 is 30.5 Å². The molecule has 1 unspecified atom stereocenters. The van der Waals surface area contributed by atoms with Crippen LogP contribution in [0.2, 0.25) is 0 Å². The highest BCUT2D eigenvalue weighted by Gasteiger charge is 2.40. The molecule has 126 valence electrons. The summed E-state index contributed by atoms with van der Waals surface area (Å²) in [5.41, 5.74) is 2.81. The molecule has 0 aromatic carbocycles. The lowest BCUT2D eigenvalue weighted by Crippen LogP contribution is -2.36. The third kappa shape index (κ3) is 4.20. The number of aromatic nitrogens is 1. The molecule has 2 rings (SSSR count). The summed E-state index contributed by atoms with van der Waals surface area (Å²) in [6, 6.07) is 1.80. The van der Waals surface area contributed by atoms with Crippen molar-refractivity contribution >= 4 is 17.5 Å². The van der Waals surface area contributed by atoms with Crippen molar-refractivity contribution in [2.45, 2.75) is 33.4 Å². The smallest absolute Gasteiger partial charge is 0.333 e. The highest BCUT2D eigenvalue weighted by atomic mass is 19.4. The second-order valence-corrected chi connectivity index (χ2v) is 5.82. The van der Waals surface area contributed by atoms with E-state index in [0.29, 0.717) is 16.3 Å². The number of hydrogen-bond donors (Lipinski definition) is 1. The summed E-state index contributed by atoms with van der Waals surface area (Å²) >= 11 is 0. The van der Waals surface area contributed by atoms with Gasteiger partial charge in [0.1, 0.15) is 6.54 Å². The van der Waals surface area contributed by atoms with Gasteiger partial charge >= 0.3 is 6.18 Å². The largest absolute Gasteiger partial charge is 0.406 e. The molecule has 5 nitrogen and oxygen atoms in total. The fraction of sp³-hybridized carbons (Fsp3) is 0.533. The zero-order chi connectivity index (χ0) is 17.4. The Morgan fingerprint density at radius 1 is 1.39 bits per heavy atom. The fourth-order valence-electron chi connectivity index (χ4n) is 2.75. The number of anilines is 1. The fourth-order valence-corrected chi connectivity index (χ4v) is 2.75. The maximum Gasteiger partial charge on any atom is 0.406 e. The normalized spacial score (nSPS) is 18.4. The Morgan fingerprint density at radius 3 is 2.61 bits per heavy atom. The maximum atomic E-state index is 12.4. The Hall–Kier alpha value is -2.12. The van der Waals surface area contributed by atoms with Crippen LogP contribution in [0.4, 0.5) is 18.9 Å². The van der Waals surface area contributed by atoms with Gasteiger partial charge in [0.25, 0.3) is 0 Å². The number of amides is 2. The highest BCUT2D eigenvalue weighted by molar-refractivity contribution is 5.98. The first-order valence-corrected chi connectivity index (χ1v) is 7.17. The van der Waals surface area contributed by atoms with Crippen LogP contribution in [0.15, 0.2) is 6.07 Å². The summed E-state index contributed by atoms with van der Waals surface area (Å²) in [6.07, 6.45) is -4.67. The average Bonchev–Trinajstić information content (AvgIpc) is 2.73. The van der Waals surface area contributed by atoms with Crippen LogP contribution in [0.1, 0.15) is 23.4 Å². The van der Waals surface area contributed by atoms with E-state index in [2.05, 4.69) is 10.3 Å². The molecule has 1 aromatic rings. The number of alkyl halides is 3. The quantitative estimate of drug-likeness (QED) is 0.926. The molecule has 0 bridgehead atoms. The number of nitrogens with one attached hydrogen (secondary N) is 1. The van der Waals surface area contributed by atoms with Crippen molar-refractivity contribution in [1.82, 2.24) is 9.88 Å². The molecule has 1 N–H and O–H groups in total. The monoisotopic (exact) mass is 329 g/mol. The van der Waals surface area contributed by atoms with Crippen LogP contribution in [0.25, 0.3) is 0 Å². The molecule has 2 amide bonds. The van der Waals surface area contributed by atoms with Crippen LogP contribution in [0.5, 0.6) is 0 Å². The van der Waals surface area contributed by atoms with Gasteiger partial charge in [0.15, 0.2) is 0 Å². The molecule has 8 heteroatoms. The zero-order valence-electron chi connectivity index (χ0n) is 13.1. The van der Waals surface area contributed by atoms with Crippen molar-refractivity contribution < 1.29 is 22.8 Å². The van der Waals surface area contributed by atoms with Gasteiger partial charge in [-0.1, -0.05) is 0 Å². The van der Waals surface area contributed by atoms with Crippen LogP contribution in [-0.4, -0.2) is 41.0 Å². The van der Waals surface area contributed by atoms with Gasteiger partial charge in [0, 0.05) is 18.7 Å². The lowest BCUT2D eigenvalue weighted by Gasteiger charge is -2.18. The van der Waals surface area contributed by atoms with E-state index in [4.69, 9.17) is 0 Å². The molecular formula is C15H18F3N3O2. The first-order chi connectivity index (χ1) is 10.6. The maximum absolute atomic E-state index is 12.4. The number of halogens is 3. The Morgan fingerprint density at radius 2 is 2.04 bits per heavy atom. The van der Waals surface area contributed by atoms with E-state index in [1.807, 2.05) is 13.8 Å². The van der Waals surface area contributed by atoms with Gasteiger partial charge < -0.3 is 10.2 Å². The van der Waals surface area contributed by atoms with Crippen LogP contribution in [0, 0.1) is 26.7 Å². The molecular weight excluding hydrogens is 311 g/mol. The first-order valence-electron chi connectivity index (χ1n) is 7.17. The van der Waals surface area contributed by atoms with Crippen molar-refractivity contribution in [2.24, 2.45) is 5.92 Å². The highest BCUT2D eigenvalue weighted by Crippen LogP contribution is 2.26. The molecule has 2 heterocycles. The summed E-state index contributed by atoms with van der Waals surface area (Å²) in [5.74, 6) is -1.90. The van der Waals surface area contributed by atoms with E-state index in [1.165, 1.54) is 0 Å². The molecule has 1 saturated heterocycles. The minimum Gasteiger partial charge on any atom is -0.333 e. The number of carbonyl (C=O) groups excluding carboxylic acids is 2. The Kier molecular flexibility index (Phi) is 4.63. The Labute approximate surface area is 131 Å². The van der Waals surface area contributed by atoms with Gasteiger partial charge in [0.05, 0.1) is 17.3 Å². The molecule has 0 saturated carbocycles. The van der Waals surface area contributed by atoms with Gasteiger partial charge in [-0.05, 0) is 32.4 Å². The molecule has 1 atom stereocenters. The average molecular weight is 329 g/mol. The summed E-state index contributed by atoms with van der Waals surface area (Å²) in [5, 5.41) is 2.69. The van der Waals surface area contributed by atoms with Gasteiger partial charge in [-0.25, -0.2) is 0 Å². The third-order valence-corrected chi connectivity index (χ3v) is 3.73. The summed E-state index contributed by atoms with van der Waals surface area (Å²) < 4.78 is 37.2. The van der Waals surface area contributed by atoms with E-state index >= 15 is 0 Å². The first kappa shape index (κ1) is 17.2. The van der Waals surface area contributed by atoms with E-state index in [1.54, 1.807) is 13.0 Å². The van der Waals surface area contributed by atoms with Gasteiger partial charge in [-0.2, -0.15) is 13.2 Å². The summed E-state index contributed by atoms with van der Waals surface area (Å²) in [4.78, 5) is 28.8. The molecule has 23 heavy (non-hydrogen) atoms. The van der Waals surface area contributed by atoms with E-state index in [-0.39, 0.29) is 13.0 Å². The molecule has 1 aliphatic heterocycles. The van der Waals surface area contributed by atoms with Gasteiger partial charge in [-0.3, -0.25) is 14.6 Å². The van der Waals surface area contributed by atoms with Gasteiger partial charge in [0.2, 0.25) is 11.8 Å². The second-order valence-electron chi connectivity index (χ2n) is 5.82. The predicted molar refractivity (Wildman–Crippen MR) is 77.8 cm³/mol. The molecule has 0 aliphatic carbocycles. The Bertz CT molecular complexity index is 620. The topological polar surface area (TPSA) is 62.3 Å². The standard InChI is InChI=1S/C15H18F3N3O2/c1-8-4-9(2)19-10(3)13(8)20-14(23)11-5-12(22)21(6-11)7-15(16,17)18/h4,11H,5-7H2,1-3H3,(H,20,23). The van der Waals surface area contributed by atoms with E-state index in [9.17, 15) is 22.8 Å². The SMILES string of the molecule is Cc1cc(C)c(NC(=O)C2CC(=O)N(CC(F)(F)F)C2)c(C)n1. The molecule has 0 radical (unpaired) electrons. The van der Waals surface area contributed by atoms with Crippen molar-refractivity contribution in [3.05, 3.63) is 23.0 Å². The number of hydrogen-bond acceptors (Lipinski definition) is 3.